The van der Waals surface area contributed by atoms with Gasteiger partial charge in [0.2, 0.25) is 5.95 Å². The molecule has 18 heavy (non-hydrogen) atoms. The van der Waals surface area contributed by atoms with Gasteiger partial charge in [0.05, 0.1) is 11.0 Å². The molecule has 3 nitrogen and oxygen atoms in total. The fourth-order valence-corrected chi connectivity index (χ4v) is 2.88. The van der Waals surface area contributed by atoms with Crippen molar-refractivity contribution in [3.8, 4) is 0 Å². The molecule has 1 aromatic carbocycles. The molecule has 5 heteroatoms. The minimum absolute atomic E-state index is 0.277. The Kier molecular flexibility index (Phi) is 4.11. The summed E-state index contributed by atoms with van der Waals surface area (Å²) >= 11 is 1.91. The summed E-state index contributed by atoms with van der Waals surface area (Å²) in [5.74, 6) is 2.40. The maximum absolute atomic E-state index is 13.1. The highest BCUT2D eigenvalue weighted by Gasteiger charge is 2.14. The minimum Gasteiger partial charge on any atom is -0.369 e. The third-order valence-corrected chi connectivity index (χ3v) is 3.94. The van der Waals surface area contributed by atoms with E-state index in [2.05, 4.69) is 18.8 Å². The minimum atomic E-state index is -0.277. The SMILES string of the molecule is CCSCCC(C)n1c(N)nc2cc(F)ccc21. The molecule has 0 amide bonds. The number of hydrogen-bond donors (Lipinski definition) is 1. The van der Waals surface area contributed by atoms with Gasteiger partial charge in [-0.1, -0.05) is 6.92 Å². The lowest BCUT2D eigenvalue weighted by atomic mass is 10.2. The zero-order valence-corrected chi connectivity index (χ0v) is 11.5. The Morgan fingerprint density at radius 2 is 2.28 bits per heavy atom. The molecule has 0 radical (unpaired) electrons. The fourth-order valence-electron chi connectivity index (χ4n) is 2.08. The Balaban J connectivity index is 2.29. The fraction of sp³-hybridized carbons (Fsp3) is 0.462. The number of imidazole rings is 1. The molecule has 0 aliphatic heterocycles. The summed E-state index contributed by atoms with van der Waals surface area (Å²) in [6, 6.07) is 4.90. The molecule has 2 rings (SSSR count). The van der Waals surface area contributed by atoms with E-state index in [9.17, 15) is 4.39 Å². The lowest BCUT2D eigenvalue weighted by Crippen LogP contribution is -2.09. The molecule has 0 aliphatic rings. The van der Waals surface area contributed by atoms with Crippen molar-refractivity contribution in [2.75, 3.05) is 17.2 Å². The quantitative estimate of drug-likeness (QED) is 0.844. The number of fused-ring (bicyclic) bond motifs is 1. The highest BCUT2D eigenvalue weighted by Crippen LogP contribution is 2.25. The van der Waals surface area contributed by atoms with Crippen LogP contribution < -0.4 is 5.73 Å². The Labute approximate surface area is 111 Å². The second-order valence-electron chi connectivity index (χ2n) is 4.31. The molecular formula is C13H18FN3S. The van der Waals surface area contributed by atoms with Crippen molar-refractivity contribution in [3.63, 3.8) is 0 Å². The van der Waals surface area contributed by atoms with E-state index in [0.29, 0.717) is 11.5 Å². The van der Waals surface area contributed by atoms with E-state index in [0.717, 1.165) is 23.4 Å². The predicted octanol–water partition coefficient (Wildman–Crippen LogP) is 3.46. The summed E-state index contributed by atoms with van der Waals surface area (Å²) in [7, 11) is 0. The van der Waals surface area contributed by atoms with Crippen LogP contribution in [0.3, 0.4) is 0 Å². The number of nitrogens with two attached hydrogens (primary N) is 1. The lowest BCUT2D eigenvalue weighted by Gasteiger charge is -2.15. The van der Waals surface area contributed by atoms with Crippen LogP contribution in [-0.2, 0) is 0 Å². The first-order valence-electron chi connectivity index (χ1n) is 6.14. The van der Waals surface area contributed by atoms with Crippen molar-refractivity contribution >= 4 is 28.7 Å². The van der Waals surface area contributed by atoms with Gasteiger partial charge in [-0.3, -0.25) is 0 Å². The Morgan fingerprint density at radius 3 is 3.00 bits per heavy atom. The average Bonchev–Trinajstić information content (AvgIpc) is 2.64. The molecular weight excluding hydrogens is 249 g/mol. The maximum atomic E-state index is 13.1. The van der Waals surface area contributed by atoms with Gasteiger partial charge in [0, 0.05) is 12.1 Å². The summed E-state index contributed by atoms with van der Waals surface area (Å²) < 4.78 is 15.1. The molecule has 98 valence electrons. The molecule has 0 fully saturated rings. The summed E-state index contributed by atoms with van der Waals surface area (Å²) in [6.07, 6.45) is 1.03. The first-order valence-corrected chi connectivity index (χ1v) is 7.29. The summed E-state index contributed by atoms with van der Waals surface area (Å²) in [5, 5.41) is 0. The van der Waals surface area contributed by atoms with Crippen LogP contribution in [0, 0.1) is 5.82 Å². The van der Waals surface area contributed by atoms with Crippen molar-refractivity contribution in [1.82, 2.24) is 9.55 Å². The van der Waals surface area contributed by atoms with E-state index >= 15 is 0 Å². The largest absolute Gasteiger partial charge is 0.369 e. The van der Waals surface area contributed by atoms with Crippen LogP contribution in [0.2, 0.25) is 0 Å². The molecule has 1 heterocycles. The summed E-state index contributed by atoms with van der Waals surface area (Å²) in [4.78, 5) is 4.22. The van der Waals surface area contributed by atoms with Crippen LogP contribution in [0.5, 0.6) is 0 Å². The van der Waals surface area contributed by atoms with Crippen molar-refractivity contribution in [2.24, 2.45) is 0 Å². The second kappa shape index (κ2) is 5.61. The van der Waals surface area contributed by atoms with Crippen molar-refractivity contribution in [1.29, 1.82) is 0 Å². The van der Waals surface area contributed by atoms with Gasteiger partial charge >= 0.3 is 0 Å². The molecule has 1 aromatic heterocycles. The molecule has 0 spiro atoms. The smallest absolute Gasteiger partial charge is 0.201 e. The number of aromatic nitrogens is 2. The molecule has 1 atom stereocenters. The predicted molar refractivity (Wildman–Crippen MR) is 76.4 cm³/mol. The molecule has 2 aromatic rings. The maximum Gasteiger partial charge on any atom is 0.201 e. The number of nitrogens with zero attached hydrogens (tertiary/aromatic N) is 2. The first kappa shape index (κ1) is 13.2. The van der Waals surface area contributed by atoms with Crippen molar-refractivity contribution < 1.29 is 4.39 Å². The summed E-state index contributed by atoms with van der Waals surface area (Å²) in [6.45, 7) is 4.27. The van der Waals surface area contributed by atoms with E-state index in [1.54, 1.807) is 6.07 Å². The highest BCUT2D eigenvalue weighted by molar-refractivity contribution is 7.99. The van der Waals surface area contributed by atoms with Crippen LogP contribution in [-0.4, -0.2) is 21.1 Å². The lowest BCUT2D eigenvalue weighted by molar-refractivity contribution is 0.555. The van der Waals surface area contributed by atoms with Gasteiger partial charge in [0.1, 0.15) is 5.82 Å². The molecule has 0 bridgehead atoms. The second-order valence-corrected chi connectivity index (χ2v) is 5.70. The number of benzene rings is 1. The van der Waals surface area contributed by atoms with Crippen LogP contribution >= 0.6 is 11.8 Å². The third kappa shape index (κ3) is 2.61. The Bertz CT molecular complexity index is 538. The molecule has 1 unspecified atom stereocenters. The number of rotatable bonds is 5. The van der Waals surface area contributed by atoms with Gasteiger partial charge < -0.3 is 10.3 Å². The number of anilines is 1. The molecule has 2 N–H and O–H groups in total. The highest BCUT2D eigenvalue weighted by atomic mass is 32.2. The first-order chi connectivity index (χ1) is 8.63. The van der Waals surface area contributed by atoms with Gasteiger partial charge in [-0.25, -0.2) is 9.37 Å². The van der Waals surface area contributed by atoms with Crippen LogP contribution in [0.15, 0.2) is 18.2 Å². The Hall–Kier alpha value is -1.23. The average molecular weight is 267 g/mol. The zero-order valence-electron chi connectivity index (χ0n) is 10.7. The van der Waals surface area contributed by atoms with Crippen LogP contribution in [0.1, 0.15) is 26.3 Å². The van der Waals surface area contributed by atoms with Gasteiger partial charge in [0.25, 0.3) is 0 Å². The monoisotopic (exact) mass is 267 g/mol. The molecule has 0 aliphatic carbocycles. The van der Waals surface area contributed by atoms with Gasteiger partial charge in [-0.15, -0.1) is 0 Å². The third-order valence-electron chi connectivity index (χ3n) is 3.00. The number of nitrogen functional groups attached to an aromatic ring is 1. The number of halogens is 1. The van der Waals surface area contributed by atoms with Crippen LogP contribution in [0.25, 0.3) is 11.0 Å². The number of hydrogen-bond acceptors (Lipinski definition) is 3. The molecule has 0 saturated carbocycles. The standard InChI is InChI=1S/C13H18FN3S/c1-3-18-7-6-9(2)17-12-5-4-10(14)8-11(12)16-13(17)15/h4-5,8-9H,3,6-7H2,1-2H3,(H2,15,16). The van der Waals surface area contributed by atoms with Gasteiger partial charge in [0.15, 0.2) is 0 Å². The van der Waals surface area contributed by atoms with Crippen molar-refractivity contribution in [3.05, 3.63) is 24.0 Å². The summed E-state index contributed by atoms with van der Waals surface area (Å²) in [5.41, 5.74) is 7.46. The normalized spacial score (nSPS) is 13.1. The van der Waals surface area contributed by atoms with E-state index in [1.807, 2.05) is 16.3 Å². The zero-order chi connectivity index (χ0) is 13.1. The Morgan fingerprint density at radius 1 is 1.50 bits per heavy atom. The van der Waals surface area contributed by atoms with Crippen LogP contribution in [0.4, 0.5) is 10.3 Å². The van der Waals surface area contributed by atoms with E-state index in [4.69, 9.17) is 5.73 Å². The van der Waals surface area contributed by atoms with E-state index < -0.39 is 0 Å². The van der Waals surface area contributed by atoms with Gasteiger partial charge in [-0.05, 0) is 37.0 Å². The van der Waals surface area contributed by atoms with Gasteiger partial charge in [-0.2, -0.15) is 11.8 Å². The van der Waals surface area contributed by atoms with Crippen molar-refractivity contribution in [2.45, 2.75) is 26.3 Å². The van der Waals surface area contributed by atoms with E-state index in [1.165, 1.54) is 12.1 Å². The molecule has 0 saturated heterocycles. The number of thioether (sulfide) groups is 1. The topological polar surface area (TPSA) is 43.8 Å². The van der Waals surface area contributed by atoms with E-state index in [-0.39, 0.29) is 11.9 Å².